The molecule has 1 aliphatic heterocycles. The van der Waals surface area contributed by atoms with Gasteiger partial charge in [0.05, 0.1) is 25.1 Å². The third-order valence-corrected chi connectivity index (χ3v) is 5.38. The van der Waals surface area contributed by atoms with Crippen LogP contribution in [0.3, 0.4) is 0 Å². The van der Waals surface area contributed by atoms with Crippen LogP contribution in [-0.4, -0.2) is 34.9 Å². The third kappa shape index (κ3) is 4.48. The van der Waals surface area contributed by atoms with Gasteiger partial charge in [-0.1, -0.05) is 12.1 Å². The minimum absolute atomic E-state index is 0.00922. The average Bonchev–Trinajstić information content (AvgIpc) is 3.44. The Labute approximate surface area is 191 Å². The second-order valence-corrected chi connectivity index (χ2v) is 7.48. The number of aliphatic hydroxyl groups is 1. The molecule has 2 heterocycles. The highest BCUT2D eigenvalue weighted by molar-refractivity contribution is 6.46. The van der Waals surface area contributed by atoms with Crippen LogP contribution in [0.5, 0.6) is 11.5 Å². The maximum Gasteiger partial charge on any atom is 0.296 e. The summed E-state index contributed by atoms with van der Waals surface area (Å²) in [4.78, 5) is 27.5. The normalized spacial score (nSPS) is 17.4. The summed E-state index contributed by atoms with van der Waals surface area (Å²) < 4.78 is 16.5. The summed E-state index contributed by atoms with van der Waals surface area (Å²) in [5, 5.41) is 11.1. The molecule has 1 fully saturated rings. The number of hydrogen-bond acceptors (Lipinski definition) is 6. The van der Waals surface area contributed by atoms with E-state index in [0.717, 1.165) is 11.3 Å². The van der Waals surface area contributed by atoms with Crippen molar-refractivity contribution in [1.82, 2.24) is 4.90 Å². The number of amides is 1. The van der Waals surface area contributed by atoms with Gasteiger partial charge in [-0.25, -0.2) is 0 Å². The number of nitrogens with zero attached hydrogens (tertiary/aromatic N) is 1. The molecule has 1 atom stereocenters. The van der Waals surface area contributed by atoms with Gasteiger partial charge in [0.1, 0.15) is 29.1 Å². The van der Waals surface area contributed by atoms with E-state index in [1.807, 2.05) is 38.1 Å². The number of benzene rings is 2. The lowest BCUT2D eigenvalue weighted by atomic mass is 9.99. The lowest BCUT2D eigenvalue weighted by Crippen LogP contribution is -2.29. The van der Waals surface area contributed by atoms with Crippen LogP contribution < -0.4 is 9.47 Å². The van der Waals surface area contributed by atoms with Crippen molar-refractivity contribution in [1.29, 1.82) is 0 Å². The fourth-order valence-electron chi connectivity index (χ4n) is 3.87. The predicted molar refractivity (Wildman–Crippen MR) is 122 cm³/mol. The van der Waals surface area contributed by atoms with E-state index in [4.69, 9.17) is 13.9 Å². The number of carbonyl (C=O) groups excluding carboxylic acids is 2. The van der Waals surface area contributed by atoms with Gasteiger partial charge in [-0.2, -0.15) is 0 Å². The molecule has 0 bridgehead atoms. The highest BCUT2D eigenvalue weighted by Crippen LogP contribution is 2.40. The van der Waals surface area contributed by atoms with Crippen LogP contribution in [-0.2, 0) is 16.1 Å². The number of ketones is 1. The molecule has 7 nitrogen and oxygen atoms in total. The van der Waals surface area contributed by atoms with Gasteiger partial charge in [-0.05, 0) is 67.9 Å². The first-order chi connectivity index (χ1) is 16.0. The predicted octanol–water partition coefficient (Wildman–Crippen LogP) is 4.70. The highest BCUT2D eigenvalue weighted by atomic mass is 16.5. The van der Waals surface area contributed by atoms with Crippen molar-refractivity contribution in [3.8, 4) is 11.5 Å². The maximum atomic E-state index is 13.0. The number of ether oxygens (including phenoxy) is 2. The number of rotatable bonds is 8. The zero-order chi connectivity index (χ0) is 23.4. The van der Waals surface area contributed by atoms with Crippen LogP contribution in [0.25, 0.3) is 5.76 Å². The molecule has 2 aromatic carbocycles. The average molecular weight is 447 g/mol. The van der Waals surface area contributed by atoms with Gasteiger partial charge < -0.3 is 23.9 Å². The molecule has 3 aromatic rings. The Morgan fingerprint density at radius 3 is 2.09 bits per heavy atom. The Kier molecular flexibility index (Phi) is 6.49. The van der Waals surface area contributed by atoms with Crippen molar-refractivity contribution in [3.63, 3.8) is 0 Å². The quantitative estimate of drug-likeness (QED) is 0.306. The molecule has 1 N–H and O–H groups in total. The van der Waals surface area contributed by atoms with Gasteiger partial charge in [0, 0.05) is 12.1 Å². The van der Waals surface area contributed by atoms with E-state index in [1.54, 1.807) is 36.4 Å². The van der Waals surface area contributed by atoms with Gasteiger partial charge in [-0.3, -0.25) is 9.59 Å². The first kappa shape index (κ1) is 22.2. The smallest absolute Gasteiger partial charge is 0.296 e. The number of hydrogen-bond donors (Lipinski definition) is 1. The molecule has 1 amide bonds. The Morgan fingerprint density at radius 1 is 0.939 bits per heavy atom. The van der Waals surface area contributed by atoms with Crippen LogP contribution in [0.4, 0.5) is 0 Å². The summed E-state index contributed by atoms with van der Waals surface area (Å²) in [5.41, 5.74) is 1.22. The number of likely N-dealkylation sites (tertiary alicyclic amines) is 1. The topological polar surface area (TPSA) is 89.2 Å². The molecule has 1 unspecified atom stereocenters. The Morgan fingerprint density at radius 2 is 1.55 bits per heavy atom. The molecular weight excluding hydrogens is 422 g/mol. The molecule has 170 valence electrons. The van der Waals surface area contributed by atoms with E-state index in [-0.39, 0.29) is 17.9 Å². The summed E-state index contributed by atoms with van der Waals surface area (Å²) in [6.07, 6.45) is 1.48. The van der Waals surface area contributed by atoms with Gasteiger partial charge >= 0.3 is 0 Å². The van der Waals surface area contributed by atoms with Gasteiger partial charge in [0.15, 0.2) is 0 Å². The summed E-state index contributed by atoms with van der Waals surface area (Å²) in [7, 11) is 0. The first-order valence-corrected chi connectivity index (χ1v) is 10.8. The summed E-state index contributed by atoms with van der Waals surface area (Å²) in [6.45, 7) is 5.02. The van der Waals surface area contributed by atoms with Gasteiger partial charge in [-0.15, -0.1) is 0 Å². The first-order valence-electron chi connectivity index (χ1n) is 10.8. The molecule has 1 aliphatic rings. The molecule has 0 radical (unpaired) electrons. The van der Waals surface area contributed by atoms with Gasteiger partial charge in [0.25, 0.3) is 11.7 Å². The Balaban J connectivity index is 1.72. The fourth-order valence-corrected chi connectivity index (χ4v) is 3.87. The van der Waals surface area contributed by atoms with Crippen LogP contribution in [0.15, 0.2) is 76.9 Å². The van der Waals surface area contributed by atoms with E-state index >= 15 is 0 Å². The lowest BCUT2D eigenvalue weighted by Gasteiger charge is -2.23. The third-order valence-electron chi connectivity index (χ3n) is 5.38. The van der Waals surface area contributed by atoms with Crippen molar-refractivity contribution in [2.75, 3.05) is 13.2 Å². The lowest BCUT2D eigenvalue weighted by molar-refractivity contribution is -0.140. The van der Waals surface area contributed by atoms with Crippen LogP contribution >= 0.6 is 0 Å². The second-order valence-electron chi connectivity index (χ2n) is 7.48. The maximum absolute atomic E-state index is 13.0. The zero-order valence-electron chi connectivity index (χ0n) is 18.5. The van der Waals surface area contributed by atoms with Crippen molar-refractivity contribution in [2.45, 2.75) is 26.4 Å². The molecule has 4 rings (SSSR count). The van der Waals surface area contributed by atoms with Crippen LogP contribution in [0, 0.1) is 0 Å². The Bertz CT molecular complexity index is 1150. The van der Waals surface area contributed by atoms with E-state index in [0.29, 0.717) is 30.3 Å². The molecule has 0 spiro atoms. The summed E-state index contributed by atoms with van der Waals surface area (Å²) in [6, 6.07) is 16.6. The SMILES string of the molecule is CCOc1ccc(CN2C(=O)C(=O)/C(=C(\O)c3ccc(OCC)cc3)C2c2ccco2)cc1. The summed E-state index contributed by atoms with van der Waals surface area (Å²) in [5.74, 6) is 0.0556. The number of aliphatic hydroxyl groups excluding tert-OH is 1. The molecular formula is C26H25NO6. The van der Waals surface area contributed by atoms with Crippen LogP contribution in [0.2, 0.25) is 0 Å². The molecule has 0 aliphatic carbocycles. The molecule has 0 saturated carbocycles. The number of furan rings is 1. The second kappa shape index (κ2) is 9.65. The van der Waals surface area contributed by atoms with Crippen molar-refractivity contribution in [3.05, 3.63) is 89.4 Å². The largest absolute Gasteiger partial charge is 0.507 e. The molecule has 1 aromatic heterocycles. The van der Waals surface area contributed by atoms with Crippen LogP contribution in [0.1, 0.15) is 36.8 Å². The fraction of sp³-hybridized carbons (Fsp3) is 0.231. The molecule has 33 heavy (non-hydrogen) atoms. The Hall–Kier alpha value is -4.00. The van der Waals surface area contributed by atoms with E-state index < -0.39 is 17.7 Å². The minimum Gasteiger partial charge on any atom is -0.507 e. The summed E-state index contributed by atoms with van der Waals surface area (Å²) >= 11 is 0. The van der Waals surface area contributed by atoms with Gasteiger partial charge in [0.2, 0.25) is 0 Å². The monoisotopic (exact) mass is 447 g/mol. The van der Waals surface area contributed by atoms with E-state index in [1.165, 1.54) is 11.2 Å². The standard InChI is InChI=1S/C26H25NO6/c1-3-31-19-11-7-17(8-12-19)16-27-23(21-6-5-15-33-21)22(25(29)26(27)30)24(28)18-9-13-20(14-10-18)32-4-2/h5-15,23,28H,3-4,16H2,1-2H3/b24-22-. The number of carbonyl (C=O) groups is 2. The van der Waals surface area contributed by atoms with Crippen molar-refractivity contribution in [2.24, 2.45) is 0 Å². The van der Waals surface area contributed by atoms with E-state index in [9.17, 15) is 14.7 Å². The molecule has 7 heteroatoms. The van der Waals surface area contributed by atoms with Crippen molar-refractivity contribution < 1.29 is 28.6 Å². The van der Waals surface area contributed by atoms with Crippen molar-refractivity contribution >= 4 is 17.4 Å². The number of Topliss-reactive ketones (excluding diaryl/α,β-unsaturated/α-hetero) is 1. The zero-order valence-corrected chi connectivity index (χ0v) is 18.5. The minimum atomic E-state index is -0.849. The highest BCUT2D eigenvalue weighted by Gasteiger charge is 2.47. The molecule has 1 saturated heterocycles. The van der Waals surface area contributed by atoms with E-state index in [2.05, 4.69) is 0 Å².